The zero-order valence-electron chi connectivity index (χ0n) is 11.6. The molecule has 1 atom stereocenters. The SMILES string of the molecule is Cc1cc(C2CNCCO2)ccc1-c1ccc(N)nc1. The Kier molecular flexibility index (Phi) is 3.67. The first kappa shape index (κ1) is 13.1. The second-order valence-corrected chi connectivity index (χ2v) is 5.11. The van der Waals surface area contributed by atoms with E-state index >= 15 is 0 Å². The number of ether oxygens (including phenoxy) is 1. The van der Waals surface area contributed by atoms with E-state index in [-0.39, 0.29) is 6.10 Å². The molecule has 1 aliphatic heterocycles. The lowest BCUT2D eigenvalue weighted by molar-refractivity contribution is 0.0277. The molecule has 3 rings (SSSR count). The van der Waals surface area contributed by atoms with E-state index in [1.807, 2.05) is 18.3 Å². The van der Waals surface area contributed by atoms with Gasteiger partial charge < -0.3 is 15.8 Å². The monoisotopic (exact) mass is 269 g/mol. The second-order valence-electron chi connectivity index (χ2n) is 5.11. The van der Waals surface area contributed by atoms with Gasteiger partial charge in [-0.15, -0.1) is 0 Å². The highest BCUT2D eigenvalue weighted by Crippen LogP contribution is 2.27. The second kappa shape index (κ2) is 5.61. The molecular weight excluding hydrogens is 250 g/mol. The molecule has 0 bridgehead atoms. The van der Waals surface area contributed by atoms with Crippen LogP contribution in [-0.4, -0.2) is 24.7 Å². The van der Waals surface area contributed by atoms with Crippen LogP contribution in [0.5, 0.6) is 0 Å². The molecular formula is C16H19N3O. The van der Waals surface area contributed by atoms with Crippen molar-refractivity contribution in [1.29, 1.82) is 0 Å². The van der Waals surface area contributed by atoms with Crippen LogP contribution < -0.4 is 11.1 Å². The van der Waals surface area contributed by atoms with Crippen molar-refractivity contribution in [1.82, 2.24) is 10.3 Å². The first-order chi connectivity index (χ1) is 9.74. The van der Waals surface area contributed by atoms with Crippen LogP contribution in [0.4, 0.5) is 5.82 Å². The van der Waals surface area contributed by atoms with Crippen molar-refractivity contribution in [2.75, 3.05) is 25.4 Å². The highest BCUT2D eigenvalue weighted by molar-refractivity contribution is 5.67. The van der Waals surface area contributed by atoms with Gasteiger partial charge in [0, 0.05) is 24.8 Å². The standard InChI is InChI=1S/C16H19N3O/c1-11-8-12(15-10-18-6-7-20-15)2-4-14(11)13-3-5-16(17)19-9-13/h2-5,8-9,15,18H,6-7,10H2,1H3,(H2,17,19). The Morgan fingerprint density at radius 3 is 2.85 bits per heavy atom. The van der Waals surface area contributed by atoms with Crippen molar-refractivity contribution in [2.24, 2.45) is 0 Å². The minimum atomic E-state index is 0.154. The Labute approximate surface area is 119 Å². The summed E-state index contributed by atoms with van der Waals surface area (Å²) in [4.78, 5) is 4.15. The maximum absolute atomic E-state index is 5.79. The van der Waals surface area contributed by atoms with Crippen LogP contribution in [0.15, 0.2) is 36.5 Å². The predicted molar refractivity (Wildman–Crippen MR) is 80.4 cm³/mol. The summed E-state index contributed by atoms with van der Waals surface area (Å²) in [5.74, 6) is 0.546. The van der Waals surface area contributed by atoms with Gasteiger partial charge in [-0.05, 0) is 35.7 Å². The zero-order chi connectivity index (χ0) is 13.9. The van der Waals surface area contributed by atoms with Crippen LogP contribution in [0.3, 0.4) is 0 Å². The van der Waals surface area contributed by atoms with Gasteiger partial charge in [0.25, 0.3) is 0 Å². The normalized spacial score (nSPS) is 18.9. The van der Waals surface area contributed by atoms with Gasteiger partial charge in [0.15, 0.2) is 0 Å². The average Bonchev–Trinajstić information content (AvgIpc) is 2.49. The number of nitrogens with two attached hydrogens (primary N) is 1. The van der Waals surface area contributed by atoms with E-state index in [1.54, 1.807) is 0 Å². The summed E-state index contributed by atoms with van der Waals surface area (Å²) >= 11 is 0. The molecule has 3 N–H and O–H groups in total. The largest absolute Gasteiger partial charge is 0.384 e. The number of hydrogen-bond donors (Lipinski definition) is 2. The van der Waals surface area contributed by atoms with E-state index in [2.05, 4.69) is 35.4 Å². The summed E-state index contributed by atoms with van der Waals surface area (Å²) in [6, 6.07) is 10.3. The number of morpholine rings is 1. The van der Waals surface area contributed by atoms with Gasteiger partial charge in [0.05, 0.1) is 12.7 Å². The number of anilines is 1. The molecule has 1 unspecified atom stereocenters. The van der Waals surface area contributed by atoms with Crippen molar-refractivity contribution in [3.63, 3.8) is 0 Å². The van der Waals surface area contributed by atoms with Crippen LogP contribution in [0, 0.1) is 6.92 Å². The first-order valence-corrected chi connectivity index (χ1v) is 6.89. The van der Waals surface area contributed by atoms with Crippen LogP contribution in [-0.2, 0) is 4.74 Å². The number of nitrogens with one attached hydrogen (secondary N) is 1. The fraction of sp³-hybridized carbons (Fsp3) is 0.312. The Morgan fingerprint density at radius 2 is 2.20 bits per heavy atom. The van der Waals surface area contributed by atoms with E-state index in [4.69, 9.17) is 10.5 Å². The molecule has 20 heavy (non-hydrogen) atoms. The van der Waals surface area contributed by atoms with Crippen molar-refractivity contribution >= 4 is 5.82 Å². The number of aromatic nitrogens is 1. The van der Waals surface area contributed by atoms with Gasteiger partial charge in [0.2, 0.25) is 0 Å². The van der Waals surface area contributed by atoms with Gasteiger partial charge in [-0.2, -0.15) is 0 Å². The van der Waals surface area contributed by atoms with Crippen LogP contribution in [0.25, 0.3) is 11.1 Å². The van der Waals surface area contributed by atoms with Crippen molar-refractivity contribution in [3.05, 3.63) is 47.7 Å². The quantitative estimate of drug-likeness (QED) is 0.878. The maximum atomic E-state index is 5.79. The average molecular weight is 269 g/mol. The van der Waals surface area contributed by atoms with Crippen molar-refractivity contribution in [3.8, 4) is 11.1 Å². The van der Waals surface area contributed by atoms with E-state index in [9.17, 15) is 0 Å². The molecule has 4 heteroatoms. The molecule has 1 aromatic carbocycles. The van der Waals surface area contributed by atoms with Gasteiger partial charge >= 0.3 is 0 Å². The van der Waals surface area contributed by atoms with Gasteiger partial charge in [-0.1, -0.05) is 18.2 Å². The Morgan fingerprint density at radius 1 is 1.30 bits per heavy atom. The van der Waals surface area contributed by atoms with E-state index in [1.165, 1.54) is 16.7 Å². The fourth-order valence-electron chi connectivity index (χ4n) is 2.56. The smallest absolute Gasteiger partial charge is 0.123 e. The van der Waals surface area contributed by atoms with Crippen LogP contribution in [0.1, 0.15) is 17.2 Å². The number of pyridine rings is 1. The van der Waals surface area contributed by atoms with Gasteiger partial charge in [-0.3, -0.25) is 0 Å². The Hall–Kier alpha value is -1.91. The molecule has 1 aliphatic rings. The predicted octanol–water partition coefficient (Wildman–Crippen LogP) is 2.30. The lowest BCUT2D eigenvalue weighted by atomic mass is 9.97. The third-order valence-corrected chi connectivity index (χ3v) is 3.65. The molecule has 1 fully saturated rings. The summed E-state index contributed by atoms with van der Waals surface area (Å²) in [7, 11) is 0. The van der Waals surface area contributed by atoms with Gasteiger partial charge in [-0.25, -0.2) is 4.98 Å². The molecule has 0 amide bonds. The van der Waals surface area contributed by atoms with Gasteiger partial charge in [0.1, 0.15) is 5.82 Å². The number of nitrogens with zero attached hydrogens (tertiary/aromatic N) is 1. The summed E-state index contributed by atoms with van der Waals surface area (Å²) in [6.45, 7) is 4.70. The van der Waals surface area contributed by atoms with E-state index in [0.717, 1.165) is 25.3 Å². The molecule has 0 spiro atoms. The van der Waals surface area contributed by atoms with Crippen LogP contribution >= 0.6 is 0 Å². The molecule has 0 radical (unpaired) electrons. The Bertz CT molecular complexity index is 589. The number of aryl methyl sites for hydroxylation is 1. The molecule has 0 aliphatic carbocycles. The number of nitrogen functional groups attached to an aromatic ring is 1. The molecule has 104 valence electrons. The molecule has 1 aromatic heterocycles. The summed E-state index contributed by atoms with van der Waals surface area (Å²) < 4.78 is 5.79. The molecule has 1 saturated heterocycles. The Balaban J connectivity index is 1.88. The lowest BCUT2D eigenvalue weighted by Gasteiger charge is -2.24. The highest BCUT2D eigenvalue weighted by atomic mass is 16.5. The minimum Gasteiger partial charge on any atom is -0.384 e. The minimum absolute atomic E-state index is 0.154. The number of rotatable bonds is 2. The maximum Gasteiger partial charge on any atom is 0.123 e. The molecule has 2 aromatic rings. The zero-order valence-corrected chi connectivity index (χ0v) is 11.6. The summed E-state index contributed by atoms with van der Waals surface area (Å²) in [6.07, 6.45) is 1.97. The topological polar surface area (TPSA) is 60.2 Å². The number of benzene rings is 1. The number of hydrogen-bond acceptors (Lipinski definition) is 4. The van der Waals surface area contributed by atoms with E-state index in [0.29, 0.717) is 5.82 Å². The van der Waals surface area contributed by atoms with E-state index < -0.39 is 0 Å². The van der Waals surface area contributed by atoms with Crippen LogP contribution in [0.2, 0.25) is 0 Å². The lowest BCUT2D eigenvalue weighted by Crippen LogP contribution is -2.33. The van der Waals surface area contributed by atoms with Crippen molar-refractivity contribution in [2.45, 2.75) is 13.0 Å². The van der Waals surface area contributed by atoms with Crippen molar-refractivity contribution < 1.29 is 4.74 Å². The molecule has 4 nitrogen and oxygen atoms in total. The summed E-state index contributed by atoms with van der Waals surface area (Å²) in [5.41, 5.74) is 10.4. The molecule has 2 heterocycles. The fourth-order valence-corrected chi connectivity index (χ4v) is 2.56. The molecule has 0 saturated carbocycles. The third kappa shape index (κ3) is 2.66. The summed E-state index contributed by atoms with van der Waals surface area (Å²) in [5, 5.41) is 3.36. The first-order valence-electron chi connectivity index (χ1n) is 6.89. The highest BCUT2D eigenvalue weighted by Gasteiger charge is 2.16. The third-order valence-electron chi connectivity index (χ3n) is 3.65.